The predicted octanol–water partition coefficient (Wildman–Crippen LogP) is 2.89. The molecule has 102 valence electrons. The van der Waals surface area contributed by atoms with E-state index in [1.165, 1.54) is 5.56 Å². The maximum absolute atomic E-state index is 9.75. The first-order chi connectivity index (χ1) is 8.49. The second-order valence-electron chi connectivity index (χ2n) is 4.72. The van der Waals surface area contributed by atoms with E-state index in [2.05, 4.69) is 40.3 Å². The molecule has 0 aliphatic carbocycles. The van der Waals surface area contributed by atoms with E-state index in [9.17, 15) is 5.11 Å². The van der Waals surface area contributed by atoms with Crippen molar-refractivity contribution in [1.29, 1.82) is 0 Å². The molecule has 0 aliphatic heterocycles. The Morgan fingerprint density at radius 3 is 2.67 bits per heavy atom. The fourth-order valence-corrected chi connectivity index (χ4v) is 1.99. The summed E-state index contributed by atoms with van der Waals surface area (Å²) < 4.78 is 6.43. The van der Waals surface area contributed by atoms with Crippen LogP contribution in [0.4, 0.5) is 0 Å². The van der Waals surface area contributed by atoms with Crippen molar-refractivity contribution in [2.24, 2.45) is 0 Å². The molecule has 1 rings (SSSR count). The zero-order valence-corrected chi connectivity index (χ0v) is 12.8. The van der Waals surface area contributed by atoms with Crippen LogP contribution in [0.1, 0.15) is 32.4 Å². The first kappa shape index (κ1) is 15.6. The first-order valence-corrected chi connectivity index (χ1v) is 7.07. The van der Waals surface area contributed by atoms with Gasteiger partial charge in [-0.3, -0.25) is 0 Å². The van der Waals surface area contributed by atoms with Crippen molar-refractivity contribution in [2.45, 2.75) is 39.0 Å². The van der Waals surface area contributed by atoms with E-state index >= 15 is 0 Å². The van der Waals surface area contributed by atoms with Crippen molar-refractivity contribution in [3.05, 3.63) is 34.3 Å². The Morgan fingerprint density at radius 2 is 2.06 bits per heavy atom. The molecular formula is C14H22BrNO2. The molecule has 4 heteroatoms. The lowest BCUT2D eigenvalue weighted by atomic mass is 10.1. The van der Waals surface area contributed by atoms with Crippen LogP contribution in [0, 0.1) is 0 Å². The van der Waals surface area contributed by atoms with Gasteiger partial charge in [-0.1, -0.05) is 28.1 Å². The lowest BCUT2D eigenvalue weighted by molar-refractivity contribution is 0.00560. The zero-order valence-electron chi connectivity index (χ0n) is 11.2. The van der Waals surface area contributed by atoms with Crippen LogP contribution < -0.4 is 5.32 Å². The van der Waals surface area contributed by atoms with Crippen LogP contribution in [-0.4, -0.2) is 30.5 Å². The molecule has 0 radical (unpaired) electrons. The summed E-state index contributed by atoms with van der Waals surface area (Å²) in [5.74, 6) is 0. The van der Waals surface area contributed by atoms with Crippen LogP contribution in [0.2, 0.25) is 0 Å². The number of aliphatic hydroxyl groups excluding tert-OH is 1. The van der Waals surface area contributed by atoms with E-state index < -0.39 is 6.10 Å². The Morgan fingerprint density at radius 1 is 1.33 bits per heavy atom. The summed E-state index contributed by atoms with van der Waals surface area (Å²) in [6, 6.07) is 8.36. The van der Waals surface area contributed by atoms with Gasteiger partial charge in [-0.05, 0) is 38.5 Å². The average molecular weight is 316 g/mol. The standard InChI is InChI=1S/C14H22BrNO2/c1-10(2)18-9-14(17)8-16-11(3)12-5-4-6-13(15)7-12/h4-7,10-11,14,16-17H,8-9H2,1-3H3. The summed E-state index contributed by atoms with van der Waals surface area (Å²) in [7, 11) is 0. The molecule has 3 nitrogen and oxygen atoms in total. The third-order valence-electron chi connectivity index (χ3n) is 2.63. The zero-order chi connectivity index (χ0) is 13.5. The highest BCUT2D eigenvalue weighted by molar-refractivity contribution is 9.10. The van der Waals surface area contributed by atoms with Gasteiger partial charge < -0.3 is 15.2 Å². The molecule has 2 unspecified atom stereocenters. The van der Waals surface area contributed by atoms with Gasteiger partial charge in [0.2, 0.25) is 0 Å². The first-order valence-electron chi connectivity index (χ1n) is 6.27. The number of hydrogen-bond donors (Lipinski definition) is 2. The monoisotopic (exact) mass is 315 g/mol. The topological polar surface area (TPSA) is 41.5 Å². The number of nitrogens with one attached hydrogen (secondary N) is 1. The van der Waals surface area contributed by atoms with Gasteiger partial charge in [0.15, 0.2) is 0 Å². The average Bonchev–Trinajstić information content (AvgIpc) is 2.33. The SMILES string of the molecule is CC(C)OCC(O)CNC(C)c1cccc(Br)c1. The fraction of sp³-hybridized carbons (Fsp3) is 0.571. The van der Waals surface area contributed by atoms with E-state index in [0.717, 1.165) is 4.47 Å². The lowest BCUT2D eigenvalue weighted by Crippen LogP contribution is -2.32. The molecule has 0 aromatic heterocycles. The van der Waals surface area contributed by atoms with Crippen molar-refractivity contribution < 1.29 is 9.84 Å². The molecule has 0 amide bonds. The highest BCUT2D eigenvalue weighted by atomic mass is 79.9. The molecule has 2 atom stereocenters. The Labute approximate surface area is 118 Å². The van der Waals surface area contributed by atoms with Gasteiger partial charge in [-0.2, -0.15) is 0 Å². The third-order valence-corrected chi connectivity index (χ3v) is 3.12. The van der Waals surface area contributed by atoms with Crippen molar-refractivity contribution in [1.82, 2.24) is 5.32 Å². The van der Waals surface area contributed by atoms with E-state index in [4.69, 9.17) is 4.74 Å². The van der Waals surface area contributed by atoms with Crippen LogP contribution in [0.5, 0.6) is 0 Å². The summed E-state index contributed by atoms with van der Waals surface area (Å²) in [6.45, 7) is 6.91. The maximum Gasteiger partial charge on any atom is 0.0898 e. The van der Waals surface area contributed by atoms with Gasteiger partial charge in [0.1, 0.15) is 0 Å². The van der Waals surface area contributed by atoms with Gasteiger partial charge in [0, 0.05) is 17.1 Å². The molecule has 0 saturated heterocycles. The Hall–Kier alpha value is -0.420. The summed E-state index contributed by atoms with van der Waals surface area (Å²) in [5, 5.41) is 13.1. The number of ether oxygens (including phenoxy) is 1. The van der Waals surface area contributed by atoms with Crippen molar-refractivity contribution in [2.75, 3.05) is 13.2 Å². The minimum atomic E-state index is -0.470. The van der Waals surface area contributed by atoms with Gasteiger partial charge in [-0.15, -0.1) is 0 Å². The van der Waals surface area contributed by atoms with Gasteiger partial charge in [0.25, 0.3) is 0 Å². The number of rotatable bonds is 7. The van der Waals surface area contributed by atoms with Crippen LogP contribution in [0.15, 0.2) is 28.7 Å². The molecule has 0 saturated carbocycles. The molecular weight excluding hydrogens is 294 g/mol. The van der Waals surface area contributed by atoms with Crippen LogP contribution >= 0.6 is 15.9 Å². The van der Waals surface area contributed by atoms with Crippen molar-refractivity contribution in [3.8, 4) is 0 Å². The fourth-order valence-electron chi connectivity index (χ4n) is 1.57. The lowest BCUT2D eigenvalue weighted by Gasteiger charge is -2.18. The van der Waals surface area contributed by atoms with E-state index in [1.54, 1.807) is 0 Å². The molecule has 0 aliphatic rings. The Bertz CT molecular complexity index is 357. The molecule has 0 fully saturated rings. The minimum absolute atomic E-state index is 0.155. The highest BCUT2D eigenvalue weighted by Gasteiger charge is 2.09. The van der Waals surface area contributed by atoms with Gasteiger partial charge in [0.05, 0.1) is 18.8 Å². The summed E-state index contributed by atoms with van der Waals surface area (Å²) >= 11 is 3.45. The molecule has 0 spiro atoms. The summed E-state index contributed by atoms with van der Waals surface area (Å²) in [6.07, 6.45) is -0.316. The molecule has 18 heavy (non-hydrogen) atoms. The summed E-state index contributed by atoms with van der Waals surface area (Å²) in [5.41, 5.74) is 1.20. The quantitative estimate of drug-likeness (QED) is 0.813. The van der Waals surface area contributed by atoms with Crippen LogP contribution in [0.25, 0.3) is 0 Å². The molecule has 0 bridgehead atoms. The van der Waals surface area contributed by atoms with Crippen LogP contribution in [-0.2, 0) is 4.74 Å². The molecule has 0 heterocycles. The van der Waals surface area contributed by atoms with Crippen LogP contribution in [0.3, 0.4) is 0 Å². The second kappa shape index (κ2) is 7.89. The Balaban J connectivity index is 2.34. The van der Waals surface area contributed by atoms with Gasteiger partial charge >= 0.3 is 0 Å². The normalized spacial score (nSPS) is 14.8. The minimum Gasteiger partial charge on any atom is -0.389 e. The number of benzene rings is 1. The number of aliphatic hydroxyl groups is 1. The molecule has 1 aromatic carbocycles. The predicted molar refractivity (Wildman–Crippen MR) is 77.7 cm³/mol. The Kier molecular flexibility index (Phi) is 6.86. The molecule has 1 aromatic rings. The second-order valence-corrected chi connectivity index (χ2v) is 5.64. The third kappa shape index (κ3) is 5.96. The van der Waals surface area contributed by atoms with E-state index in [0.29, 0.717) is 13.2 Å². The maximum atomic E-state index is 9.75. The largest absolute Gasteiger partial charge is 0.389 e. The molecule has 2 N–H and O–H groups in total. The smallest absolute Gasteiger partial charge is 0.0898 e. The van der Waals surface area contributed by atoms with Crippen molar-refractivity contribution >= 4 is 15.9 Å². The highest BCUT2D eigenvalue weighted by Crippen LogP contribution is 2.17. The number of halogens is 1. The van der Waals surface area contributed by atoms with E-state index in [1.807, 2.05) is 26.0 Å². The van der Waals surface area contributed by atoms with E-state index in [-0.39, 0.29) is 12.1 Å². The number of hydrogen-bond acceptors (Lipinski definition) is 3. The van der Waals surface area contributed by atoms with Crippen molar-refractivity contribution in [3.63, 3.8) is 0 Å². The summed E-state index contributed by atoms with van der Waals surface area (Å²) in [4.78, 5) is 0. The van der Waals surface area contributed by atoms with Gasteiger partial charge in [-0.25, -0.2) is 0 Å².